The van der Waals surface area contributed by atoms with Crippen LogP contribution in [0.15, 0.2) is 36.0 Å². The summed E-state index contributed by atoms with van der Waals surface area (Å²) in [5.74, 6) is 5.93. The molecule has 0 spiro atoms. The zero-order valence-electron chi connectivity index (χ0n) is 19.7. The van der Waals surface area contributed by atoms with Crippen molar-refractivity contribution in [1.82, 2.24) is 5.32 Å². The molecule has 0 amide bonds. The summed E-state index contributed by atoms with van der Waals surface area (Å²) in [5, 5.41) is 3.66. The van der Waals surface area contributed by atoms with Gasteiger partial charge in [-0.05, 0) is 75.2 Å². The third-order valence-electron chi connectivity index (χ3n) is 7.86. The first-order chi connectivity index (χ1) is 15.2. The number of aldehydes is 1. The summed E-state index contributed by atoms with van der Waals surface area (Å²) >= 11 is 0. The number of ether oxygens (including phenoxy) is 1. The average Bonchev–Trinajstić information content (AvgIpc) is 3.13. The SMILES string of the molecule is CC#COC1CCCCC1C(C1CC=CC=CC1)C(C)C1CNC(/C(C=O)=C/CC)C1. The van der Waals surface area contributed by atoms with E-state index >= 15 is 0 Å². The highest BCUT2D eigenvalue weighted by atomic mass is 16.5. The molecule has 2 aliphatic carbocycles. The van der Waals surface area contributed by atoms with Gasteiger partial charge in [0, 0.05) is 24.5 Å². The Kier molecular flexibility index (Phi) is 9.47. The van der Waals surface area contributed by atoms with Crippen LogP contribution in [0, 0.1) is 41.6 Å². The van der Waals surface area contributed by atoms with Gasteiger partial charge >= 0.3 is 0 Å². The second-order valence-corrected chi connectivity index (χ2v) is 9.67. The molecule has 3 aliphatic rings. The number of carbonyl (C=O) groups is 1. The van der Waals surface area contributed by atoms with Gasteiger partial charge in [-0.2, -0.15) is 0 Å². The fraction of sp³-hybridized carbons (Fsp3) is 0.679. The number of nitrogens with one attached hydrogen (secondary N) is 1. The van der Waals surface area contributed by atoms with E-state index < -0.39 is 0 Å². The van der Waals surface area contributed by atoms with Crippen molar-refractivity contribution in [2.75, 3.05) is 6.54 Å². The molecule has 0 radical (unpaired) electrons. The van der Waals surface area contributed by atoms with E-state index in [0.717, 1.165) is 50.5 Å². The number of hydrogen-bond acceptors (Lipinski definition) is 3. The van der Waals surface area contributed by atoms with Crippen LogP contribution in [0.25, 0.3) is 0 Å². The molecule has 6 atom stereocenters. The molecule has 6 unspecified atom stereocenters. The normalized spacial score (nSPS) is 31.4. The molecule has 0 aromatic heterocycles. The van der Waals surface area contributed by atoms with Crippen LogP contribution in [0.1, 0.15) is 72.1 Å². The Morgan fingerprint density at radius 3 is 2.61 bits per heavy atom. The Balaban J connectivity index is 1.82. The number of carbonyl (C=O) groups excluding carboxylic acids is 1. The van der Waals surface area contributed by atoms with Crippen molar-refractivity contribution in [1.29, 1.82) is 0 Å². The fourth-order valence-corrected chi connectivity index (χ4v) is 6.33. The summed E-state index contributed by atoms with van der Waals surface area (Å²) in [5.41, 5.74) is 0.936. The lowest BCUT2D eigenvalue weighted by atomic mass is 9.63. The molecule has 1 saturated heterocycles. The zero-order chi connectivity index (χ0) is 22.1. The molecule has 31 heavy (non-hydrogen) atoms. The molecule has 1 aliphatic heterocycles. The van der Waals surface area contributed by atoms with Crippen molar-refractivity contribution in [3.8, 4) is 12.0 Å². The predicted molar refractivity (Wildman–Crippen MR) is 128 cm³/mol. The average molecular weight is 424 g/mol. The zero-order valence-corrected chi connectivity index (χ0v) is 19.7. The second-order valence-electron chi connectivity index (χ2n) is 9.67. The maximum Gasteiger partial charge on any atom is 0.147 e. The first kappa shape index (κ1) is 23.9. The molecular weight excluding hydrogens is 382 g/mol. The number of allylic oxidation sites excluding steroid dienone is 5. The summed E-state index contributed by atoms with van der Waals surface area (Å²) in [4.78, 5) is 11.6. The lowest BCUT2D eigenvalue weighted by molar-refractivity contribution is -0.105. The standard InChI is InChI=1S/C28H41NO2/c1-4-12-23(20-30)26-18-24(19-29-26)21(3)28(22-13-8-6-7-9-14-22)25-15-10-11-16-27(25)31-17-5-2/h6-9,12,20-22,24-29H,4,10-11,13-16,18-19H2,1-3H3/b23-12+. The Hall–Kier alpha value is -1.79. The molecule has 3 heteroatoms. The predicted octanol–water partition coefficient (Wildman–Crippen LogP) is 5.83. The molecule has 0 aromatic carbocycles. The molecular formula is C28H41NO2. The quantitative estimate of drug-likeness (QED) is 0.303. The molecule has 0 aromatic rings. The first-order valence-corrected chi connectivity index (χ1v) is 12.5. The van der Waals surface area contributed by atoms with Gasteiger partial charge < -0.3 is 10.1 Å². The molecule has 3 nitrogen and oxygen atoms in total. The largest absolute Gasteiger partial charge is 0.443 e. The van der Waals surface area contributed by atoms with Gasteiger partial charge in [-0.25, -0.2) is 0 Å². The summed E-state index contributed by atoms with van der Waals surface area (Å²) in [6, 6.07) is 0.212. The highest BCUT2D eigenvalue weighted by molar-refractivity contribution is 5.75. The molecule has 1 heterocycles. The number of hydrogen-bond donors (Lipinski definition) is 1. The van der Waals surface area contributed by atoms with Crippen molar-refractivity contribution in [3.63, 3.8) is 0 Å². The lowest BCUT2D eigenvalue weighted by Gasteiger charge is -2.44. The van der Waals surface area contributed by atoms with E-state index in [2.05, 4.69) is 61.6 Å². The van der Waals surface area contributed by atoms with Gasteiger partial charge in [-0.3, -0.25) is 4.79 Å². The van der Waals surface area contributed by atoms with E-state index in [1.807, 2.05) is 6.92 Å². The van der Waals surface area contributed by atoms with Gasteiger partial charge in [0.1, 0.15) is 18.5 Å². The highest BCUT2D eigenvalue weighted by Gasteiger charge is 2.43. The van der Waals surface area contributed by atoms with E-state index in [9.17, 15) is 4.79 Å². The summed E-state index contributed by atoms with van der Waals surface area (Å²) in [7, 11) is 0. The highest BCUT2D eigenvalue weighted by Crippen LogP contribution is 2.46. The van der Waals surface area contributed by atoms with Crippen LogP contribution in [-0.2, 0) is 9.53 Å². The minimum atomic E-state index is 0.212. The summed E-state index contributed by atoms with van der Waals surface area (Å²) in [6.07, 6.45) is 24.6. The van der Waals surface area contributed by atoms with Crippen molar-refractivity contribution in [2.45, 2.75) is 84.3 Å². The molecule has 1 saturated carbocycles. The van der Waals surface area contributed by atoms with Gasteiger partial charge in [0.05, 0.1) is 0 Å². The smallest absolute Gasteiger partial charge is 0.147 e. The Morgan fingerprint density at radius 2 is 1.94 bits per heavy atom. The van der Waals surface area contributed by atoms with Crippen molar-refractivity contribution in [3.05, 3.63) is 36.0 Å². The van der Waals surface area contributed by atoms with Crippen molar-refractivity contribution in [2.24, 2.45) is 29.6 Å². The van der Waals surface area contributed by atoms with Crippen LogP contribution in [0.3, 0.4) is 0 Å². The van der Waals surface area contributed by atoms with Gasteiger partial charge in [0.2, 0.25) is 0 Å². The minimum Gasteiger partial charge on any atom is -0.443 e. The van der Waals surface area contributed by atoms with Crippen molar-refractivity contribution >= 4 is 6.29 Å². The second kappa shape index (κ2) is 12.3. The van der Waals surface area contributed by atoms with Crippen molar-refractivity contribution < 1.29 is 9.53 Å². The number of rotatable bonds is 8. The van der Waals surface area contributed by atoms with Crippen LogP contribution in [0.2, 0.25) is 0 Å². The fourth-order valence-electron chi connectivity index (χ4n) is 6.33. The van der Waals surface area contributed by atoms with Gasteiger partial charge in [0.15, 0.2) is 0 Å². The third-order valence-corrected chi connectivity index (χ3v) is 7.86. The van der Waals surface area contributed by atoms with Crippen LogP contribution in [0.5, 0.6) is 0 Å². The van der Waals surface area contributed by atoms with Gasteiger partial charge in [-0.15, -0.1) is 0 Å². The summed E-state index contributed by atoms with van der Waals surface area (Å²) in [6.45, 7) is 7.43. The molecule has 2 fully saturated rings. The van der Waals surface area contributed by atoms with Crippen LogP contribution in [-0.4, -0.2) is 25.0 Å². The molecule has 1 N–H and O–H groups in total. The Labute approximate surface area is 189 Å². The van der Waals surface area contributed by atoms with Crippen LogP contribution >= 0.6 is 0 Å². The van der Waals surface area contributed by atoms with Gasteiger partial charge in [-0.1, -0.05) is 56.6 Å². The molecule has 3 rings (SSSR count). The maximum absolute atomic E-state index is 11.6. The Morgan fingerprint density at radius 1 is 1.19 bits per heavy atom. The van der Waals surface area contributed by atoms with E-state index in [1.165, 1.54) is 19.3 Å². The van der Waals surface area contributed by atoms with Crippen LogP contribution < -0.4 is 5.32 Å². The lowest BCUT2D eigenvalue weighted by Crippen LogP contribution is -2.41. The summed E-state index contributed by atoms with van der Waals surface area (Å²) < 4.78 is 6.10. The molecule has 170 valence electrons. The third kappa shape index (κ3) is 6.13. The Bertz CT molecular complexity index is 711. The van der Waals surface area contributed by atoms with Gasteiger partial charge in [0.25, 0.3) is 0 Å². The van der Waals surface area contributed by atoms with E-state index in [0.29, 0.717) is 29.6 Å². The van der Waals surface area contributed by atoms with Crippen LogP contribution in [0.4, 0.5) is 0 Å². The minimum absolute atomic E-state index is 0.212. The molecule has 0 bridgehead atoms. The van der Waals surface area contributed by atoms with E-state index in [4.69, 9.17) is 4.74 Å². The maximum atomic E-state index is 11.6. The monoisotopic (exact) mass is 423 g/mol. The first-order valence-electron chi connectivity index (χ1n) is 12.5. The van der Waals surface area contributed by atoms with E-state index in [-0.39, 0.29) is 12.1 Å². The van der Waals surface area contributed by atoms with E-state index in [1.54, 1.807) is 0 Å². The topological polar surface area (TPSA) is 38.3 Å².